The van der Waals surface area contributed by atoms with Crippen LogP contribution in [0.25, 0.3) is 0 Å². The van der Waals surface area contributed by atoms with Gasteiger partial charge in [-0.05, 0) is 13.0 Å². The Hall–Kier alpha value is -1.10. The van der Waals surface area contributed by atoms with Gasteiger partial charge in [0.2, 0.25) is 0 Å². The largest absolute Gasteiger partial charge is 0.397 e. The lowest BCUT2D eigenvalue weighted by Gasteiger charge is -2.33. The van der Waals surface area contributed by atoms with Gasteiger partial charge in [-0.1, -0.05) is 0 Å². The molecule has 2 rings (SSSR count). The third-order valence-electron chi connectivity index (χ3n) is 2.87. The van der Waals surface area contributed by atoms with Crippen molar-refractivity contribution in [1.29, 1.82) is 0 Å². The minimum atomic E-state index is 0.0898. The second kappa shape index (κ2) is 4.41. The van der Waals surface area contributed by atoms with Gasteiger partial charge in [0.1, 0.15) is 5.69 Å². The van der Waals surface area contributed by atoms with Crippen molar-refractivity contribution < 1.29 is 4.79 Å². The van der Waals surface area contributed by atoms with Crippen molar-refractivity contribution in [2.24, 2.45) is 7.05 Å². The zero-order valence-electron chi connectivity index (χ0n) is 9.64. The minimum Gasteiger partial charge on any atom is -0.397 e. The Morgan fingerprint density at radius 3 is 2.94 bits per heavy atom. The number of nitrogen functional groups attached to an aromatic ring is 1. The zero-order chi connectivity index (χ0) is 11.7. The van der Waals surface area contributed by atoms with Crippen LogP contribution in [0.1, 0.15) is 17.4 Å². The van der Waals surface area contributed by atoms with E-state index in [1.165, 1.54) is 0 Å². The van der Waals surface area contributed by atoms with Crippen molar-refractivity contribution in [2.45, 2.75) is 13.0 Å². The molecule has 1 aliphatic heterocycles. The van der Waals surface area contributed by atoms with E-state index in [0.717, 1.165) is 18.1 Å². The maximum absolute atomic E-state index is 12.3. The molecule has 1 amide bonds. The molecule has 1 aliphatic rings. The summed E-state index contributed by atoms with van der Waals surface area (Å²) in [6.45, 7) is 2.92. The van der Waals surface area contributed by atoms with E-state index in [-0.39, 0.29) is 5.91 Å². The highest BCUT2D eigenvalue weighted by atomic mass is 32.2. The summed E-state index contributed by atoms with van der Waals surface area (Å²) in [5, 5.41) is 0. The van der Waals surface area contributed by atoms with Gasteiger partial charge < -0.3 is 15.2 Å². The third-order valence-corrected chi connectivity index (χ3v) is 4.06. The number of rotatable bonds is 1. The van der Waals surface area contributed by atoms with E-state index < -0.39 is 0 Å². The molecule has 1 atom stereocenters. The van der Waals surface area contributed by atoms with E-state index in [4.69, 9.17) is 5.73 Å². The van der Waals surface area contributed by atoms with Crippen molar-refractivity contribution >= 4 is 23.4 Å². The maximum atomic E-state index is 12.3. The first-order chi connectivity index (χ1) is 7.59. The van der Waals surface area contributed by atoms with E-state index in [9.17, 15) is 4.79 Å². The molecule has 1 aromatic heterocycles. The molecular formula is C11H17N3OS. The third kappa shape index (κ3) is 2.04. The summed E-state index contributed by atoms with van der Waals surface area (Å²) < 4.78 is 1.80. The van der Waals surface area contributed by atoms with Gasteiger partial charge in [0.05, 0.1) is 5.69 Å². The SMILES string of the molecule is CC1CSCCN1C(=O)c1cc(N)cn1C. The molecule has 1 saturated heterocycles. The fourth-order valence-corrected chi connectivity index (χ4v) is 2.99. The van der Waals surface area contributed by atoms with Gasteiger partial charge in [0, 0.05) is 37.3 Å². The predicted molar refractivity (Wildman–Crippen MR) is 67.6 cm³/mol. The summed E-state index contributed by atoms with van der Waals surface area (Å²) in [5.74, 6) is 2.13. The monoisotopic (exact) mass is 239 g/mol. The summed E-state index contributed by atoms with van der Waals surface area (Å²) in [4.78, 5) is 14.2. The van der Waals surface area contributed by atoms with Crippen LogP contribution in [0.5, 0.6) is 0 Å². The fraction of sp³-hybridized carbons (Fsp3) is 0.545. The van der Waals surface area contributed by atoms with Crippen LogP contribution in [0.3, 0.4) is 0 Å². The Labute approximate surface area is 99.8 Å². The molecule has 5 heteroatoms. The Balaban J connectivity index is 2.21. The summed E-state index contributed by atoms with van der Waals surface area (Å²) in [7, 11) is 1.85. The standard InChI is InChI=1S/C11H17N3OS/c1-8-7-16-4-3-14(8)11(15)10-5-9(12)6-13(10)2/h5-6,8H,3-4,7,12H2,1-2H3. The van der Waals surface area contributed by atoms with Gasteiger partial charge in [-0.3, -0.25) is 4.79 Å². The summed E-state index contributed by atoms with van der Waals surface area (Å²) in [6.07, 6.45) is 1.77. The number of aromatic nitrogens is 1. The van der Waals surface area contributed by atoms with Gasteiger partial charge >= 0.3 is 0 Å². The lowest BCUT2D eigenvalue weighted by atomic mass is 10.2. The van der Waals surface area contributed by atoms with Crippen molar-refractivity contribution in [2.75, 3.05) is 23.8 Å². The molecule has 4 nitrogen and oxygen atoms in total. The van der Waals surface area contributed by atoms with Gasteiger partial charge in [-0.25, -0.2) is 0 Å². The van der Waals surface area contributed by atoms with E-state index in [1.54, 1.807) is 16.8 Å². The van der Waals surface area contributed by atoms with E-state index in [2.05, 4.69) is 6.92 Å². The molecule has 0 aliphatic carbocycles. The number of hydrogen-bond acceptors (Lipinski definition) is 3. The number of thioether (sulfide) groups is 1. The van der Waals surface area contributed by atoms with Crippen LogP contribution in [0.15, 0.2) is 12.3 Å². The molecule has 2 heterocycles. The first-order valence-corrected chi connectivity index (χ1v) is 6.55. The fourth-order valence-electron chi connectivity index (χ4n) is 1.98. The topological polar surface area (TPSA) is 51.3 Å². The Morgan fingerprint density at radius 2 is 2.38 bits per heavy atom. The zero-order valence-corrected chi connectivity index (χ0v) is 10.5. The molecule has 1 aromatic rings. The van der Waals surface area contributed by atoms with E-state index >= 15 is 0 Å². The van der Waals surface area contributed by atoms with Crippen LogP contribution >= 0.6 is 11.8 Å². The molecule has 1 unspecified atom stereocenters. The van der Waals surface area contributed by atoms with Crippen LogP contribution in [0.2, 0.25) is 0 Å². The first kappa shape index (κ1) is 11.4. The summed E-state index contributed by atoms with van der Waals surface area (Å²) >= 11 is 1.90. The molecule has 0 radical (unpaired) electrons. The summed E-state index contributed by atoms with van der Waals surface area (Å²) in [5.41, 5.74) is 7.01. The van der Waals surface area contributed by atoms with Crippen LogP contribution in [0, 0.1) is 0 Å². The van der Waals surface area contributed by atoms with Crippen molar-refractivity contribution in [3.63, 3.8) is 0 Å². The van der Waals surface area contributed by atoms with Gasteiger partial charge in [0.15, 0.2) is 0 Å². The Morgan fingerprint density at radius 1 is 1.62 bits per heavy atom. The highest BCUT2D eigenvalue weighted by molar-refractivity contribution is 7.99. The van der Waals surface area contributed by atoms with Crippen molar-refractivity contribution in [3.8, 4) is 0 Å². The molecule has 2 N–H and O–H groups in total. The van der Waals surface area contributed by atoms with Crippen molar-refractivity contribution in [1.82, 2.24) is 9.47 Å². The predicted octanol–water partition coefficient (Wildman–Crippen LogP) is 1.18. The summed E-state index contributed by atoms with van der Waals surface area (Å²) in [6, 6.07) is 2.05. The molecule has 16 heavy (non-hydrogen) atoms. The molecular weight excluding hydrogens is 222 g/mol. The van der Waals surface area contributed by atoms with Crippen molar-refractivity contribution in [3.05, 3.63) is 18.0 Å². The quantitative estimate of drug-likeness (QED) is 0.801. The van der Waals surface area contributed by atoms with E-state index in [1.807, 2.05) is 23.7 Å². The second-order valence-corrected chi connectivity index (χ2v) is 5.34. The molecule has 0 saturated carbocycles. The molecule has 1 fully saturated rings. The average Bonchev–Trinajstić information content (AvgIpc) is 2.58. The highest BCUT2D eigenvalue weighted by Gasteiger charge is 2.26. The van der Waals surface area contributed by atoms with Crippen LogP contribution < -0.4 is 5.73 Å². The number of nitrogens with zero attached hydrogens (tertiary/aromatic N) is 2. The first-order valence-electron chi connectivity index (χ1n) is 5.40. The Bertz CT molecular complexity index is 402. The van der Waals surface area contributed by atoms with Gasteiger partial charge in [-0.2, -0.15) is 11.8 Å². The maximum Gasteiger partial charge on any atom is 0.270 e. The van der Waals surface area contributed by atoms with Gasteiger partial charge in [0.25, 0.3) is 5.91 Å². The second-order valence-electron chi connectivity index (χ2n) is 4.19. The lowest BCUT2D eigenvalue weighted by Crippen LogP contribution is -2.44. The number of aryl methyl sites for hydroxylation is 1. The van der Waals surface area contributed by atoms with Gasteiger partial charge in [-0.15, -0.1) is 0 Å². The number of anilines is 1. The number of carbonyl (C=O) groups excluding carboxylic acids is 1. The molecule has 0 bridgehead atoms. The van der Waals surface area contributed by atoms with Crippen LogP contribution in [-0.4, -0.2) is 39.5 Å². The van der Waals surface area contributed by atoms with Crippen LogP contribution in [0.4, 0.5) is 5.69 Å². The Kier molecular flexibility index (Phi) is 3.14. The normalized spacial score (nSPS) is 21.1. The number of hydrogen-bond donors (Lipinski definition) is 1. The van der Waals surface area contributed by atoms with Crippen LogP contribution in [-0.2, 0) is 7.05 Å². The average molecular weight is 239 g/mol. The molecule has 0 spiro atoms. The smallest absolute Gasteiger partial charge is 0.270 e. The number of amides is 1. The number of carbonyl (C=O) groups is 1. The highest BCUT2D eigenvalue weighted by Crippen LogP contribution is 2.19. The molecule has 88 valence electrons. The number of nitrogens with two attached hydrogens (primary N) is 1. The van der Waals surface area contributed by atoms with E-state index in [0.29, 0.717) is 17.4 Å². The lowest BCUT2D eigenvalue weighted by molar-refractivity contribution is 0.0706. The minimum absolute atomic E-state index is 0.0898. The molecule has 0 aromatic carbocycles.